The van der Waals surface area contributed by atoms with Gasteiger partial charge in [-0.2, -0.15) is 0 Å². The second-order valence-corrected chi connectivity index (χ2v) is 6.98. The second-order valence-electron chi connectivity index (χ2n) is 6.98. The minimum absolute atomic E-state index is 0.0510. The van der Waals surface area contributed by atoms with E-state index in [1.165, 1.54) is 0 Å². The molecule has 7 heteroatoms. The molecule has 0 unspecified atom stereocenters. The standard InChI is InChI=1S/C24H22N4O3/c1-17-7-11-20(12-8-17)25-15-22(29)26-24-28-27-23(31-24)19-9-13-21(14-10-19)30-16-18-5-3-2-4-6-18/h2-14,25H,15-16H2,1H3,(H,26,28,29). The SMILES string of the molecule is Cc1ccc(NCC(=O)Nc2nnc(-c3ccc(OCc4ccccc4)cc3)o2)cc1. The van der Waals surface area contributed by atoms with E-state index in [4.69, 9.17) is 9.15 Å². The highest BCUT2D eigenvalue weighted by atomic mass is 16.5. The van der Waals surface area contributed by atoms with Gasteiger partial charge in [-0.1, -0.05) is 53.1 Å². The number of nitrogens with one attached hydrogen (secondary N) is 2. The van der Waals surface area contributed by atoms with Crippen LogP contribution in [-0.2, 0) is 11.4 Å². The Bertz CT molecular complexity index is 1120. The van der Waals surface area contributed by atoms with E-state index in [1.54, 1.807) is 0 Å². The lowest BCUT2D eigenvalue weighted by Gasteiger charge is -2.06. The van der Waals surface area contributed by atoms with Gasteiger partial charge in [-0.05, 0) is 48.9 Å². The van der Waals surface area contributed by atoms with Crippen molar-refractivity contribution in [2.24, 2.45) is 0 Å². The van der Waals surface area contributed by atoms with Gasteiger partial charge in [0.05, 0.1) is 6.54 Å². The summed E-state index contributed by atoms with van der Waals surface area (Å²) in [5, 5.41) is 13.5. The van der Waals surface area contributed by atoms with Gasteiger partial charge < -0.3 is 14.5 Å². The quantitative estimate of drug-likeness (QED) is 0.435. The van der Waals surface area contributed by atoms with E-state index in [1.807, 2.05) is 85.8 Å². The van der Waals surface area contributed by atoms with Crippen LogP contribution in [0.4, 0.5) is 11.7 Å². The Kier molecular flexibility index (Phi) is 6.23. The Morgan fingerprint density at radius 3 is 2.42 bits per heavy atom. The normalized spacial score (nSPS) is 10.5. The van der Waals surface area contributed by atoms with Gasteiger partial charge in [0.25, 0.3) is 0 Å². The largest absolute Gasteiger partial charge is 0.489 e. The monoisotopic (exact) mass is 414 g/mol. The van der Waals surface area contributed by atoms with Crippen LogP contribution >= 0.6 is 0 Å². The predicted molar refractivity (Wildman–Crippen MR) is 119 cm³/mol. The fourth-order valence-corrected chi connectivity index (χ4v) is 2.84. The van der Waals surface area contributed by atoms with Crippen molar-refractivity contribution in [2.75, 3.05) is 17.2 Å². The number of carbonyl (C=O) groups excluding carboxylic acids is 1. The molecule has 0 bridgehead atoms. The van der Waals surface area contributed by atoms with Crippen molar-refractivity contribution in [3.63, 3.8) is 0 Å². The van der Waals surface area contributed by atoms with Crippen LogP contribution in [0.5, 0.6) is 5.75 Å². The number of carbonyl (C=O) groups is 1. The van der Waals surface area contributed by atoms with Gasteiger partial charge in [0, 0.05) is 11.3 Å². The van der Waals surface area contributed by atoms with E-state index in [9.17, 15) is 4.79 Å². The number of aromatic nitrogens is 2. The second kappa shape index (κ2) is 9.58. The van der Waals surface area contributed by atoms with Crippen molar-refractivity contribution < 1.29 is 13.9 Å². The molecule has 1 amide bonds. The van der Waals surface area contributed by atoms with Crippen LogP contribution in [0.3, 0.4) is 0 Å². The molecular weight excluding hydrogens is 392 g/mol. The summed E-state index contributed by atoms with van der Waals surface area (Å²) in [4.78, 5) is 12.1. The number of benzene rings is 3. The summed E-state index contributed by atoms with van der Waals surface area (Å²) in [6.07, 6.45) is 0. The van der Waals surface area contributed by atoms with Gasteiger partial charge in [-0.3, -0.25) is 10.1 Å². The third-order valence-corrected chi connectivity index (χ3v) is 4.53. The lowest BCUT2D eigenvalue weighted by molar-refractivity contribution is -0.114. The molecule has 156 valence electrons. The Hall–Kier alpha value is -4.13. The molecule has 0 spiro atoms. The minimum atomic E-state index is -0.277. The van der Waals surface area contributed by atoms with Crippen molar-refractivity contribution in [3.05, 3.63) is 90.0 Å². The van der Waals surface area contributed by atoms with Gasteiger partial charge in [0.2, 0.25) is 11.8 Å². The summed E-state index contributed by atoms with van der Waals surface area (Å²) in [5.41, 5.74) is 3.85. The van der Waals surface area contributed by atoms with Gasteiger partial charge >= 0.3 is 6.01 Å². The molecule has 2 N–H and O–H groups in total. The number of amides is 1. The molecule has 4 aromatic rings. The first-order valence-corrected chi connectivity index (χ1v) is 9.87. The molecule has 31 heavy (non-hydrogen) atoms. The van der Waals surface area contributed by atoms with E-state index >= 15 is 0 Å². The number of ether oxygens (including phenoxy) is 1. The highest BCUT2D eigenvalue weighted by Gasteiger charge is 2.11. The zero-order valence-electron chi connectivity index (χ0n) is 17.0. The summed E-state index contributed by atoms with van der Waals surface area (Å²) in [6.45, 7) is 2.59. The summed E-state index contributed by atoms with van der Waals surface area (Å²) >= 11 is 0. The Balaban J connectivity index is 1.29. The fraction of sp³-hybridized carbons (Fsp3) is 0.125. The lowest BCUT2D eigenvalue weighted by Crippen LogP contribution is -2.21. The van der Waals surface area contributed by atoms with Crippen molar-refractivity contribution in [1.29, 1.82) is 0 Å². The van der Waals surface area contributed by atoms with Crippen LogP contribution in [0.15, 0.2) is 83.3 Å². The smallest absolute Gasteiger partial charge is 0.322 e. The third-order valence-electron chi connectivity index (χ3n) is 4.53. The molecule has 0 aliphatic rings. The number of nitrogens with zero attached hydrogens (tertiary/aromatic N) is 2. The summed E-state index contributed by atoms with van der Waals surface area (Å²) < 4.78 is 11.3. The molecule has 0 saturated heterocycles. The van der Waals surface area contributed by atoms with E-state index in [0.717, 1.165) is 28.1 Å². The number of anilines is 2. The molecule has 4 rings (SSSR count). The maximum absolute atomic E-state index is 12.1. The molecule has 1 heterocycles. The molecule has 7 nitrogen and oxygen atoms in total. The summed E-state index contributed by atoms with van der Waals surface area (Å²) in [5.74, 6) is 0.777. The molecule has 0 fully saturated rings. The number of aryl methyl sites for hydroxylation is 1. The fourth-order valence-electron chi connectivity index (χ4n) is 2.84. The molecule has 0 aliphatic carbocycles. The maximum atomic E-state index is 12.1. The molecular formula is C24H22N4O3. The topological polar surface area (TPSA) is 89.3 Å². The molecule has 0 saturated carbocycles. The van der Waals surface area contributed by atoms with Gasteiger partial charge in [0.15, 0.2) is 0 Å². The van der Waals surface area contributed by atoms with Gasteiger partial charge in [0.1, 0.15) is 12.4 Å². The van der Waals surface area contributed by atoms with E-state index in [2.05, 4.69) is 20.8 Å². The third kappa shape index (κ3) is 5.70. The molecule has 0 radical (unpaired) electrons. The maximum Gasteiger partial charge on any atom is 0.322 e. The molecule has 0 atom stereocenters. The lowest BCUT2D eigenvalue weighted by atomic mass is 10.2. The van der Waals surface area contributed by atoms with Crippen LogP contribution in [-0.4, -0.2) is 22.6 Å². The predicted octanol–water partition coefficient (Wildman–Crippen LogP) is 4.67. The Labute approximate surface area is 180 Å². The summed E-state index contributed by atoms with van der Waals surface area (Å²) in [6, 6.07) is 25.1. The Morgan fingerprint density at radius 2 is 1.68 bits per heavy atom. The average molecular weight is 414 g/mol. The van der Waals surface area contributed by atoms with E-state index < -0.39 is 0 Å². The molecule has 1 aromatic heterocycles. The zero-order chi connectivity index (χ0) is 21.5. The Morgan fingerprint density at radius 1 is 0.935 bits per heavy atom. The van der Waals surface area contributed by atoms with E-state index in [0.29, 0.717) is 12.5 Å². The van der Waals surface area contributed by atoms with Gasteiger partial charge in [-0.25, -0.2) is 0 Å². The van der Waals surface area contributed by atoms with Crippen LogP contribution in [0.1, 0.15) is 11.1 Å². The van der Waals surface area contributed by atoms with Crippen LogP contribution in [0.2, 0.25) is 0 Å². The van der Waals surface area contributed by atoms with E-state index in [-0.39, 0.29) is 18.5 Å². The van der Waals surface area contributed by atoms with Crippen molar-refractivity contribution >= 4 is 17.6 Å². The summed E-state index contributed by atoms with van der Waals surface area (Å²) in [7, 11) is 0. The average Bonchev–Trinajstić information content (AvgIpc) is 3.27. The first-order valence-electron chi connectivity index (χ1n) is 9.87. The van der Waals surface area contributed by atoms with Crippen molar-refractivity contribution in [3.8, 4) is 17.2 Å². The van der Waals surface area contributed by atoms with Crippen LogP contribution < -0.4 is 15.4 Å². The highest BCUT2D eigenvalue weighted by molar-refractivity contribution is 5.91. The number of hydrogen-bond donors (Lipinski definition) is 2. The first kappa shape index (κ1) is 20.2. The zero-order valence-corrected chi connectivity index (χ0v) is 17.0. The van der Waals surface area contributed by atoms with Crippen molar-refractivity contribution in [1.82, 2.24) is 10.2 Å². The van der Waals surface area contributed by atoms with Crippen LogP contribution in [0.25, 0.3) is 11.5 Å². The first-order chi connectivity index (χ1) is 15.2. The van der Waals surface area contributed by atoms with Crippen molar-refractivity contribution in [2.45, 2.75) is 13.5 Å². The highest BCUT2D eigenvalue weighted by Crippen LogP contribution is 2.23. The number of hydrogen-bond acceptors (Lipinski definition) is 6. The van der Waals surface area contributed by atoms with Gasteiger partial charge in [-0.15, -0.1) is 5.10 Å². The molecule has 3 aromatic carbocycles. The molecule has 0 aliphatic heterocycles. The number of rotatable bonds is 8. The van der Waals surface area contributed by atoms with Crippen LogP contribution in [0, 0.1) is 6.92 Å². The minimum Gasteiger partial charge on any atom is -0.489 e.